The summed E-state index contributed by atoms with van der Waals surface area (Å²) >= 11 is 0. The fourth-order valence-electron chi connectivity index (χ4n) is 5.05. The van der Waals surface area contributed by atoms with Crippen LogP contribution in [0.25, 0.3) is 0 Å². The number of ketones is 1. The minimum Gasteiger partial charge on any atom is -0.378 e. The van der Waals surface area contributed by atoms with Crippen LogP contribution in [0.15, 0.2) is 71.6 Å². The highest BCUT2D eigenvalue weighted by atomic mass is 32.2. The molecule has 0 radical (unpaired) electrons. The lowest BCUT2D eigenvalue weighted by Crippen LogP contribution is -2.29. The Bertz CT molecular complexity index is 1370. The zero-order valence-electron chi connectivity index (χ0n) is 20.1. The second-order valence-corrected chi connectivity index (χ2v) is 11.4. The van der Waals surface area contributed by atoms with Crippen molar-refractivity contribution >= 4 is 27.2 Å². The van der Waals surface area contributed by atoms with Gasteiger partial charge in [-0.2, -0.15) is 0 Å². The second kappa shape index (κ2) is 9.13. The highest BCUT2D eigenvalue weighted by Gasteiger charge is 2.42. The zero-order valence-corrected chi connectivity index (χ0v) is 20.9. The molecule has 2 N–H and O–H groups in total. The number of hydrogen-bond donors (Lipinski definition) is 2. The highest BCUT2D eigenvalue weighted by Crippen LogP contribution is 2.50. The molecule has 0 saturated carbocycles. The smallest absolute Gasteiger partial charge is 0.261 e. The first kappa shape index (κ1) is 23.6. The van der Waals surface area contributed by atoms with Crippen molar-refractivity contribution in [2.45, 2.75) is 50.2 Å². The molecule has 3 aromatic rings. The summed E-state index contributed by atoms with van der Waals surface area (Å²) in [5, 5.41) is 3.65. The maximum Gasteiger partial charge on any atom is 0.261 e. The number of carbonyl (C=O) groups is 1. The van der Waals surface area contributed by atoms with Crippen LogP contribution >= 0.6 is 0 Å². The van der Waals surface area contributed by atoms with E-state index in [-0.39, 0.29) is 28.7 Å². The first-order valence-corrected chi connectivity index (χ1v) is 13.5. The van der Waals surface area contributed by atoms with Gasteiger partial charge in [0.2, 0.25) is 0 Å². The van der Waals surface area contributed by atoms with E-state index in [4.69, 9.17) is 4.74 Å². The normalized spacial score (nSPS) is 21.2. The van der Waals surface area contributed by atoms with Crippen molar-refractivity contribution in [2.75, 3.05) is 16.6 Å². The van der Waals surface area contributed by atoms with Crippen LogP contribution in [0.1, 0.15) is 72.3 Å². The molecule has 7 heteroatoms. The van der Waals surface area contributed by atoms with Gasteiger partial charge in [-0.15, -0.1) is 0 Å². The molecule has 1 fully saturated rings. The van der Waals surface area contributed by atoms with Gasteiger partial charge >= 0.3 is 0 Å². The minimum atomic E-state index is -3.84. The maximum absolute atomic E-state index is 13.2. The molecule has 0 amide bonds. The average Bonchev–Trinajstić information content (AvgIpc) is 3.33. The molecule has 2 aliphatic rings. The van der Waals surface area contributed by atoms with E-state index in [1.807, 2.05) is 6.07 Å². The summed E-state index contributed by atoms with van der Waals surface area (Å²) in [5.41, 5.74) is 5.08. The van der Waals surface area contributed by atoms with E-state index in [9.17, 15) is 13.2 Å². The molecule has 0 spiro atoms. The fraction of sp³-hybridized carbons (Fsp3) is 0.321. The SMILES string of the molecule is CC(=O)c1cccc(NS(=O)(=O)c2ccc3c(c2)[C@H]2OCC[C@H]2C(c2ccc(C(C)C)cc2)N3)c1. The number of rotatable bonds is 6. The predicted octanol–water partition coefficient (Wildman–Crippen LogP) is 6.06. The summed E-state index contributed by atoms with van der Waals surface area (Å²) in [6, 6.07) is 20.5. The molecule has 5 rings (SSSR count). The van der Waals surface area contributed by atoms with Crippen molar-refractivity contribution in [2.24, 2.45) is 5.92 Å². The first-order chi connectivity index (χ1) is 16.7. The molecule has 0 aliphatic carbocycles. The van der Waals surface area contributed by atoms with Crippen LogP contribution in [0.5, 0.6) is 0 Å². The van der Waals surface area contributed by atoms with E-state index in [0.717, 1.165) is 17.7 Å². The Hall–Kier alpha value is -3.16. The van der Waals surface area contributed by atoms with Crippen molar-refractivity contribution in [3.8, 4) is 0 Å². The second-order valence-electron chi connectivity index (χ2n) is 9.68. The number of ether oxygens (including phenoxy) is 1. The van der Waals surface area contributed by atoms with Crippen LogP contribution in [0.2, 0.25) is 0 Å². The van der Waals surface area contributed by atoms with Crippen LogP contribution < -0.4 is 10.0 Å². The Morgan fingerprint density at radius 1 is 1.06 bits per heavy atom. The Morgan fingerprint density at radius 2 is 1.83 bits per heavy atom. The Labute approximate surface area is 206 Å². The molecule has 1 unspecified atom stereocenters. The van der Waals surface area contributed by atoms with E-state index >= 15 is 0 Å². The van der Waals surface area contributed by atoms with Crippen LogP contribution in [-0.2, 0) is 14.8 Å². The van der Waals surface area contributed by atoms with E-state index in [1.165, 1.54) is 18.1 Å². The van der Waals surface area contributed by atoms with Gasteiger partial charge in [-0.25, -0.2) is 8.42 Å². The summed E-state index contributed by atoms with van der Waals surface area (Å²) in [6.45, 7) is 6.47. The lowest BCUT2D eigenvalue weighted by molar-refractivity contribution is 0.0827. The number of nitrogens with one attached hydrogen (secondary N) is 2. The monoisotopic (exact) mass is 490 g/mol. The standard InChI is InChI=1S/C28H30N2O4S/c1-17(2)19-7-9-20(10-8-19)27-24-13-14-34-28(24)25-16-23(11-12-26(25)29-27)35(32,33)30-22-6-4-5-21(15-22)18(3)31/h4-12,15-17,24,27-30H,13-14H2,1-3H3/t24-,27?,28-/m0/s1. The Kier molecular flexibility index (Phi) is 6.15. The van der Waals surface area contributed by atoms with Gasteiger partial charge in [0.25, 0.3) is 10.0 Å². The van der Waals surface area contributed by atoms with Crippen molar-refractivity contribution in [3.05, 3.63) is 89.0 Å². The maximum atomic E-state index is 13.2. The van der Waals surface area contributed by atoms with Crippen LogP contribution in [0.4, 0.5) is 11.4 Å². The number of Topliss-reactive ketones (excluding diaryl/α,β-unsaturated/α-hetero) is 1. The van der Waals surface area contributed by atoms with Gasteiger partial charge in [0.05, 0.1) is 17.0 Å². The van der Waals surface area contributed by atoms with Gasteiger partial charge in [0, 0.05) is 35.0 Å². The number of benzene rings is 3. The topological polar surface area (TPSA) is 84.5 Å². The summed E-state index contributed by atoms with van der Waals surface area (Å²) in [5.74, 6) is 0.569. The van der Waals surface area contributed by atoms with Gasteiger partial charge in [-0.3, -0.25) is 9.52 Å². The zero-order chi connectivity index (χ0) is 24.7. The van der Waals surface area contributed by atoms with Crippen LogP contribution in [0.3, 0.4) is 0 Å². The van der Waals surface area contributed by atoms with Gasteiger partial charge in [0.1, 0.15) is 0 Å². The van der Waals surface area contributed by atoms with Gasteiger partial charge < -0.3 is 10.1 Å². The van der Waals surface area contributed by atoms with Crippen LogP contribution in [0, 0.1) is 5.92 Å². The van der Waals surface area contributed by atoms with Crippen molar-refractivity contribution < 1.29 is 17.9 Å². The molecule has 6 nitrogen and oxygen atoms in total. The number of sulfonamides is 1. The van der Waals surface area contributed by atoms with Gasteiger partial charge in [-0.1, -0.05) is 50.2 Å². The average molecular weight is 491 g/mol. The highest BCUT2D eigenvalue weighted by molar-refractivity contribution is 7.92. The third-order valence-corrected chi connectivity index (χ3v) is 8.38. The van der Waals surface area contributed by atoms with E-state index in [1.54, 1.807) is 36.4 Å². The van der Waals surface area contributed by atoms with Crippen molar-refractivity contribution in [1.29, 1.82) is 0 Å². The molecule has 1 saturated heterocycles. The number of fused-ring (bicyclic) bond motifs is 3. The van der Waals surface area contributed by atoms with Crippen molar-refractivity contribution in [3.63, 3.8) is 0 Å². The molecule has 2 heterocycles. The van der Waals surface area contributed by atoms with E-state index in [0.29, 0.717) is 23.8 Å². The molecule has 3 aromatic carbocycles. The fourth-order valence-corrected chi connectivity index (χ4v) is 6.14. The number of anilines is 2. The molecule has 2 aliphatic heterocycles. The lowest BCUT2D eigenvalue weighted by atomic mass is 9.80. The molecule has 0 bridgehead atoms. The third-order valence-electron chi connectivity index (χ3n) is 7.00. The molecule has 35 heavy (non-hydrogen) atoms. The summed E-state index contributed by atoms with van der Waals surface area (Å²) < 4.78 is 35.1. The molecular weight excluding hydrogens is 460 g/mol. The van der Waals surface area contributed by atoms with Gasteiger partial charge in [0.15, 0.2) is 5.78 Å². The number of hydrogen-bond acceptors (Lipinski definition) is 5. The summed E-state index contributed by atoms with van der Waals surface area (Å²) in [7, 11) is -3.84. The van der Waals surface area contributed by atoms with Gasteiger partial charge in [-0.05, 0) is 60.7 Å². The quantitative estimate of drug-likeness (QED) is 0.411. The molecule has 182 valence electrons. The third kappa shape index (κ3) is 4.58. The number of carbonyl (C=O) groups excluding carboxylic acids is 1. The molecule has 0 aromatic heterocycles. The predicted molar refractivity (Wildman–Crippen MR) is 137 cm³/mol. The molecular formula is C28H30N2O4S. The lowest BCUT2D eigenvalue weighted by Gasteiger charge is -2.36. The van der Waals surface area contributed by atoms with Crippen molar-refractivity contribution in [1.82, 2.24) is 0 Å². The van der Waals surface area contributed by atoms with E-state index in [2.05, 4.69) is 48.2 Å². The van der Waals surface area contributed by atoms with E-state index < -0.39 is 10.0 Å². The Morgan fingerprint density at radius 3 is 2.54 bits per heavy atom. The summed E-state index contributed by atoms with van der Waals surface area (Å²) in [6.07, 6.45) is 0.734. The molecule has 3 atom stereocenters. The largest absolute Gasteiger partial charge is 0.378 e. The summed E-state index contributed by atoms with van der Waals surface area (Å²) in [4.78, 5) is 11.8. The van der Waals surface area contributed by atoms with Crippen LogP contribution in [-0.4, -0.2) is 20.8 Å². The Balaban J connectivity index is 1.44. The minimum absolute atomic E-state index is 0.103. The first-order valence-electron chi connectivity index (χ1n) is 12.0.